The summed E-state index contributed by atoms with van der Waals surface area (Å²) in [5, 5.41) is 0. The van der Waals surface area contributed by atoms with Crippen LogP contribution in [-0.2, 0) is 4.79 Å². The molecular formula is C11H8O4. The summed E-state index contributed by atoms with van der Waals surface area (Å²) in [4.78, 5) is 22.2. The SMILES string of the molecule is C=CC(=O)Oc1ccc2c(c1)C(=O)CO2. The number of fused-ring (bicyclic) bond motifs is 1. The number of hydrogen-bond donors (Lipinski definition) is 0. The van der Waals surface area contributed by atoms with Crippen LogP contribution in [0.5, 0.6) is 11.5 Å². The number of hydrogen-bond acceptors (Lipinski definition) is 4. The number of carbonyl (C=O) groups is 2. The Labute approximate surface area is 86.1 Å². The van der Waals surface area contributed by atoms with Gasteiger partial charge in [-0.1, -0.05) is 6.58 Å². The van der Waals surface area contributed by atoms with E-state index in [-0.39, 0.29) is 12.4 Å². The quantitative estimate of drug-likeness (QED) is 0.414. The van der Waals surface area contributed by atoms with Gasteiger partial charge >= 0.3 is 5.97 Å². The average molecular weight is 204 g/mol. The fourth-order valence-corrected chi connectivity index (χ4v) is 1.30. The molecule has 0 fully saturated rings. The van der Waals surface area contributed by atoms with E-state index >= 15 is 0 Å². The molecule has 1 aromatic carbocycles. The number of Topliss-reactive ketones (excluding diaryl/α,β-unsaturated/α-hetero) is 1. The van der Waals surface area contributed by atoms with Crippen LogP contribution in [0.4, 0.5) is 0 Å². The first kappa shape index (κ1) is 9.45. The van der Waals surface area contributed by atoms with Gasteiger partial charge in [-0.15, -0.1) is 0 Å². The van der Waals surface area contributed by atoms with Crippen molar-refractivity contribution in [1.29, 1.82) is 0 Å². The summed E-state index contributed by atoms with van der Waals surface area (Å²) in [6.07, 6.45) is 1.06. The molecule has 0 amide bonds. The van der Waals surface area contributed by atoms with Gasteiger partial charge in [-0.3, -0.25) is 4.79 Å². The van der Waals surface area contributed by atoms with Crippen LogP contribution in [-0.4, -0.2) is 18.4 Å². The lowest BCUT2D eigenvalue weighted by atomic mass is 10.1. The molecule has 15 heavy (non-hydrogen) atoms. The summed E-state index contributed by atoms with van der Waals surface area (Å²) in [7, 11) is 0. The minimum absolute atomic E-state index is 0.0498. The third-order valence-corrected chi connectivity index (χ3v) is 2.00. The fraction of sp³-hybridized carbons (Fsp3) is 0.0909. The smallest absolute Gasteiger partial charge is 0.335 e. The molecule has 1 heterocycles. The van der Waals surface area contributed by atoms with Crippen molar-refractivity contribution in [3.63, 3.8) is 0 Å². The molecule has 0 unspecified atom stereocenters. The van der Waals surface area contributed by atoms with Crippen LogP contribution in [0.1, 0.15) is 10.4 Å². The van der Waals surface area contributed by atoms with E-state index in [4.69, 9.17) is 9.47 Å². The molecule has 0 aromatic heterocycles. The molecule has 2 rings (SSSR count). The molecule has 0 N–H and O–H groups in total. The van der Waals surface area contributed by atoms with Gasteiger partial charge in [-0.25, -0.2) is 4.79 Å². The van der Waals surface area contributed by atoms with Gasteiger partial charge in [0.15, 0.2) is 6.61 Å². The first-order chi connectivity index (χ1) is 7.20. The molecule has 4 nitrogen and oxygen atoms in total. The van der Waals surface area contributed by atoms with Gasteiger partial charge in [0.2, 0.25) is 5.78 Å². The van der Waals surface area contributed by atoms with Gasteiger partial charge < -0.3 is 9.47 Å². The molecule has 4 heteroatoms. The van der Waals surface area contributed by atoms with Crippen LogP contribution in [0.15, 0.2) is 30.9 Å². The Hall–Kier alpha value is -2.10. The third-order valence-electron chi connectivity index (χ3n) is 2.00. The maximum absolute atomic E-state index is 11.3. The number of carbonyl (C=O) groups excluding carboxylic acids is 2. The van der Waals surface area contributed by atoms with Crippen molar-refractivity contribution in [2.24, 2.45) is 0 Å². The zero-order valence-electron chi connectivity index (χ0n) is 7.86. The van der Waals surface area contributed by atoms with Crippen LogP contribution in [0.2, 0.25) is 0 Å². The van der Waals surface area contributed by atoms with E-state index in [2.05, 4.69) is 6.58 Å². The third kappa shape index (κ3) is 1.74. The topological polar surface area (TPSA) is 52.6 Å². The lowest BCUT2D eigenvalue weighted by molar-refractivity contribution is -0.128. The van der Waals surface area contributed by atoms with Crippen molar-refractivity contribution in [2.75, 3.05) is 6.61 Å². The van der Waals surface area contributed by atoms with Gasteiger partial charge in [-0.2, -0.15) is 0 Å². The molecule has 1 aliphatic heterocycles. The van der Waals surface area contributed by atoms with Crippen molar-refractivity contribution < 1.29 is 19.1 Å². The number of rotatable bonds is 2. The zero-order chi connectivity index (χ0) is 10.8. The minimum Gasteiger partial charge on any atom is -0.485 e. The Kier molecular flexibility index (Phi) is 2.25. The number of ether oxygens (including phenoxy) is 2. The highest BCUT2D eigenvalue weighted by Gasteiger charge is 2.21. The highest BCUT2D eigenvalue weighted by atomic mass is 16.5. The average Bonchev–Trinajstić information content (AvgIpc) is 2.60. The lowest BCUT2D eigenvalue weighted by Crippen LogP contribution is -2.03. The van der Waals surface area contributed by atoms with Crippen molar-refractivity contribution in [2.45, 2.75) is 0 Å². The van der Waals surface area contributed by atoms with E-state index < -0.39 is 5.97 Å². The van der Waals surface area contributed by atoms with Crippen molar-refractivity contribution in [3.05, 3.63) is 36.4 Å². The number of esters is 1. The highest BCUT2D eigenvalue weighted by Crippen LogP contribution is 2.28. The van der Waals surface area contributed by atoms with Gasteiger partial charge in [0.25, 0.3) is 0 Å². The van der Waals surface area contributed by atoms with E-state index in [1.165, 1.54) is 6.07 Å². The van der Waals surface area contributed by atoms with E-state index in [0.29, 0.717) is 17.1 Å². The highest BCUT2D eigenvalue weighted by molar-refractivity contribution is 6.02. The standard InChI is InChI=1S/C11H8O4/c1-2-11(13)15-7-3-4-10-8(5-7)9(12)6-14-10/h2-5H,1,6H2. The van der Waals surface area contributed by atoms with E-state index in [1.807, 2.05) is 0 Å². The van der Waals surface area contributed by atoms with Crippen LogP contribution >= 0.6 is 0 Å². The van der Waals surface area contributed by atoms with Crippen molar-refractivity contribution in [3.8, 4) is 11.5 Å². The first-order valence-corrected chi connectivity index (χ1v) is 4.35. The van der Waals surface area contributed by atoms with E-state index in [9.17, 15) is 9.59 Å². The van der Waals surface area contributed by atoms with Crippen molar-refractivity contribution >= 4 is 11.8 Å². The lowest BCUT2D eigenvalue weighted by Gasteiger charge is -2.02. The molecule has 1 aromatic rings. The Morgan fingerprint density at radius 3 is 3.07 bits per heavy atom. The van der Waals surface area contributed by atoms with E-state index in [0.717, 1.165) is 6.08 Å². The normalized spacial score (nSPS) is 12.9. The summed E-state index contributed by atoms with van der Waals surface area (Å²) in [5.74, 6) is 0.179. The zero-order valence-corrected chi connectivity index (χ0v) is 7.86. The van der Waals surface area contributed by atoms with Gasteiger partial charge in [0.05, 0.1) is 5.56 Å². The molecule has 0 saturated heterocycles. The molecule has 0 saturated carbocycles. The Morgan fingerprint density at radius 2 is 2.33 bits per heavy atom. The minimum atomic E-state index is -0.554. The van der Waals surface area contributed by atoms with Gasteiger partial charge in [0, 0.05) is 6.08 Å². The summed E-state index contributed by atoms with van der Waals surface area (Å²) in [5.41, 5.74) is 0.448. The second-order valence-corrected chi connectivity index (χ2v) is 3.00. The molecule has 0 atom stereocenters. The van der Waals surface area contributed by atoms with Crippen LogP contribution in [0, 0.1) is 0 Å². The molecule has 76 valence electrons. The van der Waals surface area contributed by atoms with Crippen LogP contribution in [0.25, 0.3) is 0 Å². The second kappa shape index (κ2) is 3.57. The fourth-order valence-electron chi connectivity index (χ4n) is 1.30. The summed E-state index contributed by atoms with van der Waals surface area (Å²) >= 11 is 0. The Bertz CT molecular complexity index is 448. The second-order valence-electron chi connectivity index (χ2n) is 3.00. The summed E-state index contributed by atoms with van der Waals surface area (Å²) in [6.45, 7) is 3.33. The largest absolute Gasteiger partial charge is 0.485 e. The molecular weight excluding hydrogens is 196 g/mol. The summed E-state index contributed by atoms with van der Waals surface area (Å²) < 4.78 is 9.96. The molecule has 0 radical (unpaired) electrons. The monoisotopic (exact) mass is 204 g/mol. The van der Waals surface area contributed by atoms with Crippen molar-refractivity contribution in [1.82, 2.24) is 0 Å². The van der Waals surface area contributed by atoms with Crippen LogP contribution < -0.4 is 9.47 Å². The first-order valence-electron chi connectivity index (χ1n) is 4.35. The molecule has 0 aliphatic carbocycles. The van der Waals surface area contributed by atoms with E-state index in [1.54, 1.807) is 12.1 Å². The predicted molar refractivity (Wildman–Crippen MR) is 52.1 cm³/mol. The Balaban J connectivity index is 2.29. The molecule has 1 aliphatic rings. The number of ketones is 1. The van der Waals surface area contributed by atoms with Crippen LogP contribution in [0.3, 0.4) is 0 Å². The predicted octanol–water partition coefficient (Wildman–Crippen LogP) is 1.35. The number of benzene rings is 1. The molecule has 0 spiro atoms. The summed E-state index contributed by atoms with van der Waals surface area (Å²) in [6, 6.07) is 4.66. The maximum Gasteiger partial charge on any atom is 0.335 e. The maximum atomic E-state index is 11.3. The Morgan fingerprint density at radius 1 is 1.53 bits per heavy atom. The van der Waals surface area contributed by atoms with Gasteiger partial charge in [0.1, 0.15) is 11.5 Å². The van der Waals surface area contributed by atoms with Gasteiger partial charge in [-0.05, 0) is 18.2 Å². The molecule has 0 bridgehead atoms.